The molecule has 0 aliphatic heterocycles. The van der Waals surface area contributed by atoms with Crippen LogP contribution in [-0.2, 0) is 13.0 Å². The van der Waals surface area contributed by atoms with Crippen LogP contribution in [0.4, 0.5) is 0 Å². The fourth-order valence-electron chi connectivity index (χ4n) is 2.41. The summed E-state index contributed by atoms with van der Waals surface area (Å²) in [6, 6.07) is 14.2. The minimum atomic E-state index is 0.600. The Morgan fingerprint density at radius 3 is 2.78 bits per heavy atom. The summed E-state index contributed by atoms with van der Waals surface area (Å²) < 4.78 is 5.85. The molecule has 0 radical (unpaired) electrons. The molecule has 0 unspecified atom stereocenters. The van der Waals surface area contributed by atoms with Crippen molar-refractivity contribution in [1.82, 2.24) is 15.3 Å². The number of aryl methyl sites for hydroxylation is 1. The number of hydrogen-bond acceptors (Lipinski definition) is 4. The molecule has 3 rings (SSSR count). The van der Waals surface area contributed by atoms with Gasteiger partial charge in [-0.15, -0.1) is 0 Å². The van der Waals surface area contributed by atoms with Gasteiger partial charge in [0.2, 0.25) is 0 Å². The van der Waals surface area contributed by atoms with Crippen LogP contribution >= 0.6 is 0 Å². The number of para-hydroxylation sites is 1. The standard InChI is InChI=1S/C19H21N3O/c1-2-15-8-9-17(22-13-15)14-20-11-12-23-18-7-3-5-16-6-4-10-21-19(16)18/h3-10,13,20H,2,11-12,14H2,1H3. The lowest BCUT2D eigenvalue weighted by Gasteiger charge is -2.09. The van der Waals surface area contributed by atoms with E-state index in [1.165, 1.54) is 5.56 Å². The molecular formula is C19H21N3O. The third-order valence-electron chi connectivity index (χ3n) is 3.73. The van der Waals surface area contributed by atoms with E-state index < -0.39 is 0 Å². The first-order valence-electron chi connectivity index (χ1n) is 7.98. The second-order valence-electron chi connectivity index (χ2n) is 5.37. The zero-order valence-electron chi connectivity index (χ0n) is 13.3. The largest absolute Gasteiger partial charge is 0.490 e. The van der Waals surface area contributed by atoms with Gasteiger partial charge in [-0.3, -0.25) is 9.97 Å². The van der Waals surface area contributed by atoms with E-state index in [1.54, 1.807) is 6.20 Å². The molecule has 2 heterocycles. The summed E-state index contributed by atoms with van der Waals surface area (Å²) in [5.74, 6) is 0.829. The van der Waals surface area contributed by atoms with Gasteiger partial charge in [-0.1, -0.05) is 31.2 Å². The van der Waals surface area contributed by atoms with Crippen molar-refractivity contribution in [2.45, 2.75) is 19.9 Å². The first-order valence-corrected chi connectivity index (χ1v) is 7.98. The summed E-state index contributed by atoms with van der Waals surface area (Å²) in [5, 5.41) is 4.45. The second-order valence-corrected chi connectivity index (χ2v) is 5.37. The van der Waals surface area contributed by atoms with Gasteiger partial charge in [-0.25, -0.2) is 0 Å². The average Bonchev–Trinajstić information content (AvgIpc) is 2.62. The molecule has 1 N–H and O–H groups in total. The lowest BCUT2D eigenvalue weighted by atomic mass is 10.2. The van der Waals surface area contributed by atoms with Gasteiger partial charge in [0.15, 0.2) is 0 Å². The van der Waals surface area contributed by atoms with Crippen molar-refractivity contribution < 1.29 is 4.74 Å². The van der Waals surface area contributed by atoms with E-state index in [0.29, 0.717) is 6.61 Å². The monoisotopic (exact) mass is 307 g/mol. The Morgan fingerprint density at radius 2 is 1.96 bits per heavy atom. The Balaban J connectivity index is 1.47. The highest BCUT2D eigenvalue weighted by Crippen LogP contribution is 2.22. The van der Waals surface area contributed by atoms with Gasteiger partial charge in [0.1, 0.15) is 17.9 Å². The maximum absolute atomic E-state index is 5.85. The average molecular weight is 307 g/mol. The van der Waals surface area contributed by atoms with Crippen molar-refractivity contribution >= 4 is 10.9 Å². The Kier molecular flexibility index (Phi) is 5.17. The highest BCUT2D eigenvalue weighted by atomic mass is 16.5. The molecule has 2 aromatic heterocycles. The fourth-order valence-corrected chi connectivity index (χ4v) is 2.41. The number of rotatable bonds is 7. The van der Waals surface area contributed by atoms with Crippen LogP contribution in [0, 0.1) is 0 Å². The summed E-state index contributed by atoms with van der Waals surface area (Å²) in [5.41, 5.74) is 3.22. The minimum Gasteiger partial charge on any atom is -0.490 e. The van der Waals surface area contributed by atoms with Crippen LogP contribution in [0.1, 0.15) is 18.2 Å². The number of hydrogen-bond donors (Lipinski definition) is 1. The zero-order valence-corrected chi connectivity index (χ0v) is 13.3. The first-order chi connectivity index (χ1) is 11.4. The highest BCUT2D eigenvalue weighted by Gasteiger charge is 2.02. The number of ether oxygens (including phenoxy) is 1. The molecule has 118 valence electrons. The maximum Gasteiger partial charge on any atom is 0.145 e. The molecular weight excluding hydrogens is 286 g/mol. The van der Waals surface area contributed by atoms with Crippen molar-refractivity contribution in [1.29, 1.82) is 0 Å². The molecule has 23 heavy (non-hydrogen) atoms. The summed E-state index contributed by atoms with van der Waals surface area (Å²) in [7, 11) is 0. The SMILES string of the molecule is CCc1ccc(CNCCOc2cccc3cccnc23)nc1. The number of nitrogens with zero attached hydrogens (tertiary/aromatic N) is 2. The quantitative estimate of drug-likeness (QED) is 0.680. The third kappa shape index (κ3) is 4.05. The number of fused-ring (bicyclic) bond motifs is 1. The first kappa shape index (κ1) is 15.4. The van der Waals surface area contributed by atoms with Crippen LogP contribution in [0.2, 0.25) is 0 Å². The van der Waals surface area contributed by atoms with Gasteiger partial charge >= 0.3 is 0 Å². The van der Waals surface area contributed by atoms with E-state index in [0.717, 1.165) is 41.9 Å². The van der Waals surface area contributed by atoms with Gasteiger partial charge < -0.3 is 10.1 Å². The van der Waals surface area contributed by atoms with Crippen LogP contribution in [0.25, 0.3) is 10.9 Å². The summed E-state index contributed by atoms with van der Waals surface area (Å²) in [6.07, 6.45) is 4.75. The predicted octanol–water partition coefficient (Wildman–Crippen LogP) is 3.36. The van der Waals surface area contributed by atoms with Crippen molar-refractivity contribution in [3.8, 4) is 5.75 Å². The van der Waals surface area contributed by atoms with Crippen LogP contribution in [0.15, 0.2) is 54.9 Å². The van der Waals surface area contributed by atoms with Crippen molar-refractivity contribution in [2.75, 3.05) is 13.2 Å². The molecule has 3 aromatic rings. The molecule has 0 aliphatic rings. The molecule has 0 fully saturated rings. The van der Waals surface area contributed by atoms with Gasteiger partial charge in [0, 0.05) is 30.9 Å². The second kappa shape index (κ2) is 7.70. The number of benzene rings is 1. The summed E-state index contributed by atoms with van der Waals surface area (Å²) in [4.78, 5) is 8.82. The van der Waals surface area contributed by atoms with Gasteiger partial charge in [-0.2, -0.15) is 0 Å². The van der Waals surface area contributed by atoms with Gasteiger partial charge in [0.05, 0.1) is 5.69 Å². The van der Waals surface area contributed by atoms with E-state index in [1.807, 2.05) is 36.5 Å². The Morgan fingerprint density at radius 1 is 1.04 bits per heavy atom. The molecule has 0 saturated carbocycles. The Labute approximate surface area is 136 Å². The molecule has 0 spiro atoms. The molecule has 0 bridgehead atoms. The molecule has 0 amide bonds. The van der Waals surface area contributed by atoms with Crippen LogP contribution in [0.5, 0.6) is 5.75 Å². The molecule has 0 aliphatic carbocycles. The third-order valence-corrected chi connectivity index (χ3v) is 3.73. The van der Waals surface area contributed by atoms with E-state index in [2.05, 4.69) is 34.3 Å². The van der Waals surface area contributed by atoms with Crippen LogP contribution < -0.4 is 10.1 Å². The van der Waals surface area contributed by atoms with Crippen LogP contribution in [-0.4, -0.2) is 23.1 Å². The predicted molar refractivity (Wildman–Crippen MR) is 92.6 cm³/mol. The Bertz CT molecular complexity index is 751. The fraction of sp³-hybridized carbons (Fsp3) is 0.263. The smallest absolute Gasteiger partial charge is 0.145 e. The summed E-state index contributed by atoms with van der Waals surface area (Å²) in [6.45, 7) is 4.25. The lowest BCUT2D eigenvalue weighted by Crippen LogP contribution is -2.21. The van der Waals surface area contributed by atoms with E-state index in [-0.39, 0.29) is 0 Å². The molecule has 4 nitrogen and oxygen atoms in total. The molecule has 0 atom stereocenters. The van der Waals surface area contributed by atoms with E-state index in [9.17, 15) is 0 Å². The minimum absolute atomic E-state index is 0.600. The topological polar surface area (TPSA) is 47.0 Å². The number of pyridine rings is 2. The lowest BCUT2D eigenvalue weighted by molar-refractivity contribution is 0.316. The van der Waals surface area contributed by atoms with E-state index in [4.69, 9.17) is 4.74 Å². The molecule has 1 aromatic carbocycles. The van der Waals surface area contributed by atoms with Crippen molar-refractivity contribution in [3.63, 3.8) is 0 Å². The number of nitrogens with one attached hydrogen (secondary N) is 1. The van der Waals surface area contributed by atoms with Crippen molar-refractivity contribution in [3.05, 3.63) is 66.1 Å². The van der Waals surface area contributed by atoms with Crippen LogP contribution in [0.3, 0.4) is 0 Å². The zero-order chi connectivity index (χ0) is 15.9. The van der Waals surface area contributed by atoms with Gasteiger partial charge in [0.25, 0.3) is 0 Å². The summed E-state index contributed by atoms with van der Waals surface area (Å²) >= 11 is 0. The number of aromatic nitrogens is 2. The Hall–Kier alpha value is -2.46. The molecule has 4 heteroatoms. The maximum atomic E-state index is 5.85. The highest BCUT2D eigenvalue weighted by molar-refractivity contribution is 5.84. The van der Waals surface area contributed by atoms with Gasteiger partial charge in [-0.05, 0) is 30.2 Å². The van der Waals surface area contributed by atoms with E-state index >= 15 is 0 Å². The molecule has 0 saturated heterocycles. The van der Waals surface area contributed by atoms with Crippen molar-refractivity contribution in [2.24, 2.45) is 0 Å². The normalized spacial score (nSPS) is 10.8.